The van der Waals surface area contributed by atoms with Gasteiger partial charge in [0, 0.05) is 12.1 Å². The molecular weight excluding hydrogens is 380 g/mol. The van der Waals surface area contributed by atoms with Gasteiger partial charge in [0.05, 0.1) is 31.4 Å². The Kier molecular flexibility index (Phi) is 6.56. The second-order valence-electron chi connectivity index (χ2n) is 6.67. The SMILES string of the molecule is COc1cccc(OC)c1-c1ccc(CC(Nc2cccc(C#N)c2)C(=O)O)cc1. The molecule has 0 aliphatic carbocycles. The van der Waals surface area contributed by atoms with Crippen molar-refractivity contribution in [3.05, 3.63) is 77.9 Å². The average Bonchev–Trinajstić information content (AvgIpc) is 2.78. The summed E-state index contributed by atoms with van der Waals surface area (Å²) < 4.78 is 10.9. The van der Waals surface area contributed by atoms with E-state index in [9.17, 15) is 9.90 Å². The molecule has 2 N–H and O–H groups in total. The van der Waals surface area contributed by atoms with Crippen molar-refractivity contribution in [1.29, 1.82) is 5.26 Å². The number of ether oxygens (including phenoxy) is 2. The van der Waals surface area contributed by atoms with Crippen LogP contribution in [0.2, 0.25) is 0 Å². The van der Waals surface area contributed by atoms with Crippen LogP contribution in [0, 0.1) is 11.3 Å². The van der Waals surface area contributed by atoms with Gasteiger partial charge in [-0.1, -0.05) is 36.4 Å². The van der Waals surface area contributed by atoms with Gasteiger partial charge in [-0.25, -0.2) is 4.79 Å². The van der Waals surface area contributed by atoms with E-state index in [0.717, 1.165) is 16.7 Å². The highest BCUT2D eigenvalue weighted by Crippen LogP contribution is 2.38. The first-order chi connectivity index (χ1) is 14.5. The third-order valence-corrected chi connectivity index (χ3v) is 4.74. The van der Waals surface area contributed by atoms with Crippen molar-refractivity contribution >= 4 is 11.7 Å². The van der Waals surface area contributed by atoms with Gasteiger partial charge in [-0.2, -0.15) is 5.26 Å². The van der Waals surface area contributed by atoms with Gasteiger partial charge < -0.3 is 19.9 Å². The molecule has 6 nitrogen and oxygen atoms in total. The Labute approximate surface area is 175 Å². The normalized spacial score (nSPS) is 11.2. The summed E-state index contributed by atoms with van der Waals surface area (Å²) in [5, 5.41) is 21.6. The van der Waals surface area contributed by atoms with Crippen LogP contribution < -0.4 is 14.8 Å². The first-order valence-corrected chi connectivity index (χ1v) is 9.35. The number of carboxylic acid groups (broad SMARTS) is 1. The fraction of sp³-hybridized carbons (Fsp3) is 0.167. The number of nitrogens with zero attached hydrogens (tertiary/aromatic N) is 1. The van der Waals surface area contributed by atoms with Crippen LogP contribution >= 0.6 is 0 Å². The molecule has 3 aromatic rings. The summed E-state index contributed by atoms with van der Waals surface area (Å²) in [4.78, 5) is 11.8. The van der Waals surface area contributed by atoms with E-state index in [0.29, 0.717) is 22.7 Å². The highest BCUT2D eigenvalue weighted by atomic mass is 16.5. The van der Waals surface area contributed by atoms with Gasteiger partial charge in [0.2, 0.25) is 0 Å². The number of carboxylic acids is 1. The van der Waals surface area contributed by atoms with Crippen molar-refractivity contribution in [2.45, 2.75) is 12.5 Å². The smallest absolute Gasteiger partial charge is 0.326 e. The number of benzene rings is 3. The summed E-state index contributed by atoms with van der Waals surface area (Å²) in [5.41, 5.74) is 3.69. The third kappa shape index (κ3) is 4.70. The van der Waals surface area contributed by atoms with Gasteiger partial charge in [0.25, 0.3) is 0 Å². The minimum Gasteiger partial charge on any atom is -0.496 e. The van der Waals surface area contributed by atoms with E-state index in [-0.39, 0.29) is 6.42 Å². The van der Waals surface area contributed by atoms with Crippen LogP contribution in [0.5, 0.6) is 11.5 Å². The monoisotopic (exact) mass is 402 g/mol. The molecule has 3 rings (SSSR count). The van der Waals surface area contributed by atoms with Crippen molar-refractivity contribution < 1.29 is 19.4 Å². The number of carbonyl (C=O) groups is 1. The van der Waals surface area contributed by atoms with E-state index >= 15 is 0 Å². The van der Waals surface area contributed by atoms with E-state index in [1.165, 1.54) is 0 Å². The van der Waals surface area contributed by atoms with Gasteiger partial charge >= 0.3 is 5.97 Å². The molecule has 0 saturated carbocycles. The van der Waals surface area contributed by atoms with Crippen LogP contribution in [0.4, 0.5) is 5.69 Å². The number of nitrogens with one attached hydrogen (secondary N) is 1. The molecule has 0 heterocycles. The van der Waals surface area contributed by atoms with Gasteiger partial charge in [-0.3, -0.25) is 0 Å². The minimum atomic E-state index is -0.965. The summed E-state index contributed by atoms with van der Waals surface area (Å²) >= 11 is 0. The lowest BCUT2D eigenvalue weighted by Gasteiger charge is -2.17. The number of hydrogen-bond donors (Lipinski definition) is 2. The summed E-state index contributed by atoms with van der Waals surface area (Å²) in [6.45, 7) is 0. The summed E-state index contributed by atoms with van der Waals surface area (Å²) in [5.74, 6) is 0.432. The third-order valence-electron chi connectivity index (χ3n) is 4.74. The molecule has 0 fully saturated rings. The van der Waals surface area contributed by atoms with Crippen molar-refractivity contribution in [3.63, 3.8) is 0 Å². The Morgan fingerprint density at radius 2 is 1.67 bits per heavy atom. The predicted octanol–water partition coefficient (Wildman–Crippen LogP) is 4.35. The van der Waals surface area contributed by atoms with Crippen molar-refractivity contribution in [2.75, 3.05) is 19.5 Å². The number of rotatable bonds is 8. The number of methoxy groups -OCH3 is 2. The largest absolute Gasteiger partial charge is 0.496 e. The van der Waals surface area contributed by atoms with E-state index in [2.05, 4.69) is 11.4 Å². The molecule has 0 bridgehead atoms. The molecule has 0 amide bonds. The van der Waals surface area contributed by atoms with Gasteiger partial charge in [0.1, 0.15) is 17.5 Å². The molecule has 1 unspecified atom stereocenters. The van der Waals surface area contributed by atoms with Crippen LogP contribution in [-0.4, -0.2) is 31.3 Å². The van der Waals surface area contributed by atoms with Crippen LogP contribution in [0.1, 0.15) is 11.1 Å². The average molecular weight is 402 g/mol. The molecule has 0 radical (unpaired) electrons. The lowest BCUT2D eigenvalue weighted by atomic mass is 9.99. The maximum absolute atomic E-state index is 11.8. The lowest BCUT2D eigenvalue weighted by molar-refractivity contribution is -0.137. The van der Waals surface area contributed by atoms with E-state index in [1.807, 2.05) is 42.5 Å². The molecular formula is C24H22N2O4. The first-order valence-electron chi connectivity index (χ1n) is 9.35. The van der Waals surface area contributed by atoms with Crippen molar-refractivity contribution in [3.8, 4) is 28.7 Å². The highest BCUT2D eigenvalue weighted by molar-refractivity contribution is 5.79. The number of aliphatic carboxylic acids is 1. The summed E-state index contributed by atoms with van der Waals surface area (Å²) in [6.07, 6.45) is 0.287. The van der Waals surface area contributed by atoms with Crippen LogP contribution in [0.25, 0.3) is 11.1 Å². The molecule has 0 aromatic heterocycles. The van der Waals surface area contributed by atoms with Crippen LogP contribution in [0.3, 0.4) is 0 Å². The van der Waals surface area contributed by atoms with Gasteiger partial charge in [-0.15, -0.1) is 0 Å². The summed E-state index contributed by atoms with van der Waals surface area (Å²) in [7, 11) is 3.22. The molecule has 6 heteroatoms. The second-order valence-corrected chi connectivity index (χ2v) is 6.67. The number of hydrogen-bond acceptors (Lipinski definition) is 5. The number of nitriles is 1. The molecule has 0 saturated heterocycles. The molecule has 3 aromatic carbocycles. The Morgan fingerprint density at radius 3 is 2.23 bits per heavy atom. The molecule has 0 aliphatic rings. The molecule has 152 valence electrons. The molecule has 0 aliphatic heterocycles. The topological polar surface area (TPSA) is 91.6 Å². The second kappa shape index (κ2) is 9.48. The Bertz CT molecular complexity index is 1050. The lowest BCUT2D eigenvalue weighted by Crippen LogP contribution is -2.31. The van der Waals surface area contributed by atoms with Crippen molar-refractivity contribution in [2.24, 2.45) is 0 Å². The summed E-state index contributed by atoms with van der Waals surface area (Å²) in [6, 6.07) is 21.2. The highest BCUT2D eigenvalue weighted by Gasteiger charge is 2.19. The molecule has 1 atom stereocenters. The molecule has 30 heavy (non-hydrogen) atoms. The van der Waals surface area contributed by atoms with E-state index < -0.39 is 12.0 Å². The first kappa shape index (κ1) is 20.7. The molecule has 0 spiro atoms. The zero-order valence-corrected chi connectivity index (χ0v) is 16.8. The minimum absolute atomic E-state index is 0.287. The zero-order chi connectivity index (χ0) is 21.5. The maximum atomic E-state index is 11.8. The quantitative estimate of drug-likeness (QED) is 0.582. The van der Waals surface area contributed by atoms with Crippen LogP contribution in [0.15, 0.2) is 66.7 Å². The zero-order valence-electron chi connectivity index (χ0n) is 16.8. The van der Waals surface area contributed by atoms with Gasteiger partial charge in [-0.05, 0) is 41.5 Å². The Balaban J connectivity index is 1.82. The van der Waals surface area contributed by atoms with E-state index in [4.69, 9.17) is 14.7 Å². The predicted molar refractivity (Wildman–Crippen MR) is 115 cm³/mol. The van der Waals surface area contributed by atoms with Crippen molar-refractivity contribution in [1.82, 2.24) is 0 Å². The van der Waals surface area contributed by atoms with E-state index in [1.54, 1.807) is 38.5 Å². The maximum Gasteiger partial charge on any atom is 0.326 e. The Morgan fingerprint density at radius 1 is 1.03 bits per heavy atom. The van der Waals surface area contributed by atoms with Gasteiger partial charge in [0.15, 0.2) is 0 Å². The Hall–Kier alpha value is -3.98. The standard InChI is InChI=1S/C24H22N2O4/c1-29-21-7-4-8-22(30-2)23(21)18-11-9-16(10-12-18)14-20(24(27)28)26-19-6-3-5-17(13-19)15-25/h3-13,20,26H,14H2,1-2H3,(H,27,28). The fourth-order valence-corrected chi connectivity index (χ4v) is 3.26. The number of anilines is 1. The van der Waals surface area contributed by atoms with Crippen LogP contribution in [-0.2, 0) is 11.2 Å². The fourth-order valence-electron chi connectivity index (χ4n) is 3.26.